The molecular weight excluding hydrogens is 170 g/mol. The first-order valence-electron chi connectivity index (χ1n) is 3.94. The standard InChI is InChI=1S/C7H9N5O/c1-8-7-11-5-4(6(13)12-7)9-2-3-10-5/h7H,1-3H2,(H,10,11)(H,12,13). The minimum Gasteiger partial charge on any atom is -0.330 e. The molecule has 1 atom stereocenters. The van der Waals surface area contributed by atoms with Gasteiger partial charge < -0.3 is 10.6 Å². The van der Waals surface area contributed by atoms with Gasteiger partial charge in [-0.3, -0.25) is 19.8 Å². The first-order chi connectivity index (χ1) is 6.31. The van der Waals surface area contributed by atoms with Crippen molar-refractivity contribution in [1.82, 2.24) is 10.6 Å². The zero-order valence-corrected chi connectivity index (χ0v) is 6.95. The third-order valence-corrected chi connectivity index (χ3v) is 1.80. The van der Waals surface area contributed by atoms with Crippen molar-refractivity contribution in [3.63, 3.8) is 0 Å². The van der Waals surface area contributed by atoms with Gasteiger partial charge >= 0.3 is 0 Å². The Morgan fingerprint density at radius 2 is 2.15 bits per heavy atom. The molecule has 2 heterocycles. The second-order valence-electron chi connectivity index (χ2n) is 2.66. The summed E-state index contributed by atoms with van der Waals surface area (Å²) in [5.41, 5.74) is 0.367. The SMILES string of the molecule is C=NC1NC(=O)C2=NCCN=C2N1. The van der Waals surface area contributed by atoms with Gasteiger partial charge in [0.25, 0.3) is 5.91 Å². The highest BCUT2D eigenvalue weighted by Crippen LogP contribution is 1.99. The van der Waals surface area contributed by atoms with Crippen LogP contribution in [0.2, 0.25) is 0 Å². The van der Waals surface area contributed by atoms with Gasteiger partial charge in [0, 0.05) is 0 Å². The maximum absolute atomic E-state index is 11.3. The van der Waals surface area contributed by atoms with Gasteiger partial charge in [-0.05, 0) is 6.72 Å². The summed E-state index contributed by atoms with van der Waals surface area (Å²) in [5.74, 6) is 0.280. The van der Waals surface area contributed by atoms with Crippen molar-refractivity contribution in [1.29, 1.82) is 0 Å². The van der Waals surface area contributed by atoms with Crippen molar-refractivity contribution in [2.75, 3.05) is 13.1 Å². The predicted octanol–water partition coefficient (Wildman–Crippen LogP) is -1.46. The van der Waals surface area contributed by atoms with E-state index in [9.17, 15) is 4.79 Å². The molecule has 0 spiro atoms. The molecule has 2 rings (SSSR count). The Morgan fingerprint density at radius 1 is 1.38 bits per heavy atom. The normalized spacial score (nSPS) is 26.2. The molecule has 1 fully saturated rings. The molecule has 1 unspecified atom stereocenters. The van der Waals surface area contributed by atoms with E-state index in [1.807, 2.05) is 0 Å². The molecule has 2 aliphatic rings. The molecule has 0 bridgehead atoms. The zero-order valence-electron chi connectivity index (χ0n) is 6.95. The lowest BCUT2D eigenvalue weighted by Crippen LogP contribution is -2.59. The van der Waals surface area contributed by atoms with E-state index >= 15 is 0 Å². The van der Waals surface area contributed by atoms with Crippen molar-refractivity contribution >= 4 is 24.2 Å². The number of nitrogens with zero attached hydrogens (tertiary/aromatic N) is 3. The Balaban J connectivity index is 2.27. The number of hydrogen-bond acceptors (Lipinski definition) is 5. The van der Waals surface area contributed by atoms with Gasteiger partial charge in [0.15, 0.2) is 17.8 Å². The van der Waals surface area contributed by atoms with Gasteiger partial charge in [-0.15, -0.1) is 0 Å². The third kappa shape index (κ3) is 1.30. The molecule has 0 aromatic carbocycles. The fourth-order valence-electron chi connectivity index (χ4n) is 1.22. The molecule has 0 aromatic heterocycles. The number of hydrogen-bond donors (Lipinski definition) is 2. The van der Waals surface area contributed by atoms with E-state index in [1.54, 1.807) is 0 Å². The number of nitrogens with one attached hydrogen (secondary N) is 2. The highest BCUT2D eigenvalue weighted by atomic mass is 16.2. The van der Waals surface area contributed by atoms with Gasteiger partial charge in [-0.25, -0.2) is 0 Å². The quantitative estimate of drug-likeness (QED) is 0.483. The predicted molar refractivity (Wildman–Crippen MR) is 49.2 cm³/mol. The fraction of sp³-hybridized carbons (Fsp3) is 0.429. The fourth-order valence-corrected chi connectivity index (χ4v) is 1.22. The van der Waals surface area contributed by atoms with Crippen LogP contribution in [0.3, 0.4) is 0 Å². The van der Waals surface area contributed by atoms with E-state index in [0.29, 0.717) is 24.6 Å². The Morgan fingerprint density at radius 3 is 2.92 bits per heavy atom. The number of aliphatic imine (C=N–C) groups is 3. The number of carbonyl (C=O) groups is 1. The molecule has 1 saturated heterocycles. The minimum atomic E-state index is -0.483. The van der Waals surface area contributed by atoms with Crippen molar-refractivity contribution in [2.24, 2.45) is 15.0 Å². The summed E-state index contributed by atoms with van der Waals surface area (Å²) in [5, 5.41) is 5.47. The molecular formula is C7H9N5O. The first-order valence-corrected chi connectivity index (χ1v) is 3.94. The van der Waals surface area contributed by atoms with Gasteiger partial charge in [-0.2, -0.15) is 0 Å². The van der Waals surface area contributed by atoms with E-state index < -0.39 is 6.29 Å². The minimum absolute atomic E-state index is 0.241. The lowest BCUT2D eigenvalue weighted by molar-refractivity contribution is -0.115. The lowest BCUT2D eigenvalue weighted by atomic mass is 10.2. The molecule has 0 aromatic rings. The Bertz CT molecular complexity index is 319. The van der Waals surface area contributed by atoms with Crippen molar-refractivity contribution in [2.45, 2.75) is 6.29 Å². The van der Waals surface area contributed by atoms with Crippen LogP contribution in [-0.4, -0.2) is 43.6 Å². The maximum atomic E-state index is 11.3. The molecule has 2 N–H and O–H groups in total. The molecule has 2 aliphatic heterocycles. The summed E-state index contributed by atoms with van der Waals surface area (Å²) in [6.45, 7) is 4.52. The van der Waals surface area contributed by atoms with Crippen LogP contribution in [0.1, 0.15) is 0 Å². The van der Waals surface area contributed by atoms with E-state index in [0.717, 1.165) is 0 Å². The summed E-state index contributed by atoms with van der Waals surface area (Å²) < 4.78 is 0. The lowest BCUT2D eigenvalue weighted by Gasteiger charge is -2.26. The van der Waals surface area contributed by atoms with Crippen LogP contribution in [-0.2, 0) is 4.79 Å². The number of carbonyl (C=O) groups excluding carboxylic acids is 1. The average molecular weight is 179 g/mol. The molecule has 0 aliphatic carbocycles. The molecule has 6 nitrogen and oxygen atoms in total. The number of amides is 1. The number of fused-ring (bicyclic) bond motifs is 1. The van der Waals surface area contributed by atoms with Crippen LogP contribution in [0.25, 0.3) is 0 Å². The summed E-state index contributed by atoms with van der Waals surface area (Å²) in [4.78, 5) is 23.2. The second kappa shape index (κ2) is 2.96. The molecule has 0 saturated carbocycles. The summed E-state index contributed by atoms with van der Waals surface area (Å²) in [6.07, 6.45) is -0.483. The van der Waals surface area contributed by atoms with Crippen LogP contribution < -0.4 is 10.6 Å². The third-order valence-electron chi connectivity index (χ3n) is 1.80. The van der Waals surface area contributed by atoms with Gasteiger partial charge in [0.2, 0.25) is 0 Å². The Labute approximate surface area is 74.9 Å². The van der Waals surface area contributed by atoms with Crippen LogP contribution >= 0.6 is 0 Å². The summed E-state index contributed by atoms with van der Waals surface area (Å²) >= 11 is 0. The van der Waals surface area contributed by atoms with Crippen molar-refractivity contribution < 1.29 is 4.79 Å². The zero-order chi connectivity index (χ0) is 9.26. The largest absolute Gasteiger partial charge is 0.330 e. The van der Waals surface area contributed by atoms with E-state index in [4.69, 9.17) is 0 Å². The van der Waals surface area contributed by atoms with E-state index in [2.05, 4.69) is 32.3 Å². The van der Waals surface area contributed by atoms with Gasteiger partial charge in [-0.1, -0.05) is 0 Å². The summed E-state index contributed by atoms with van der Waals surface area (Å²) in [7, 11) is 0. The van der Waals surface area contributed by atoms with Crippen LogP contribution in [0, 0.1) is 0 Å². The molecule has 68 valence electrons. The van der Waals surface area contributed by atoms with Crippen LogP contribution in [0.5, 0.6) is 0 Å². The highest BCUT2D eigenvalue weighted by molar-refractivity contribution is 6.67. The van der Waals surface area contributed by atoms with E-state index in [1.165, 1.54) is 0 Å². The smallest absolute Gasteiger partial charge is 0.276 e. The monoisotopic (exact) mass is 179 g/mol. The first kappa shape index (κ1) is 7.90. The van der Waals surface area contributed by atoms with Gasteiger partial charge in [0.1, 0.15) is 0 Å². The molecule has 6 heteroatoms. The highest BCUT2D eigenvalue weighted by Gasteiger charge is 2.28. The molecule has 13 heavy (non-hydrogen) atoms. The van der Waals surface area contributed by atoms with E-state index in [-0.39, 0.29) is 5.91 Å². The Hall–Kier alpha value is -1.72. The van der Waals surface area contributed by atoms with Gasteiger partial charge in [0.05, 0.1) is 13.1 Å². The Kier molecular flexibility index (Phi) is 1.80. The topological polar surface area (TPSA) is 78.2 Å². The number of rotatable bonds is 1. The van der Waals surface area contributed by atoms with Crippen molar-refractivity contribution in [3.05, 3.63) is 0 Å². The van der Waals surface area contributed by atoms with Crippen molar-refractivity contribution in [3.8, 4) is 0 Å². The summed E-state index contributed by atoms with van der Waals surface area (Å²) in [6, 6.07) is 0. The molecule has 1 amide bonds. The van der Waals surface area contributed by atoms with Crippen LogP contribution in [0.15, 0.2) is 15.0 Å². The second-order valence-corrected chi connectivity index (χ2v) is 2.66. The maximum Gasteiger partial charge on any atom is 0.276 e. The van der Waals surface area contributed by atoms with Crippen LogP contribution in [0.4, 0.5) is 0 Å². The number of amidine groups is 1. The molecule has 0 radical (unpaired) electrons. The average Bonchev–Trinajstić information content (AvgIpc) is 2.18.